The van der Waals surface area contributed by atoms with Crippen LogP contribution in [0.2, 0.25) is 0 Å². The zero-order chi connectivity index (χ0) is 2.00. The first-order valence-electron chi connectivity index (χ1n) is 0.289. The van der Waals surface area contributed by atoms with E-state index in [4.69, 9.17) is 0 Å². The molecule has 4 heteroatoms. The van der Waals surface area contributed by atoms with Gasteiger partial charge in [0, 0.05) is 0 Å². The van der Waals surface area contributed by atoms with Crippen LogP contribution in [0.4, 0.5) is 0 Å². The van der Waals surface area contributed by atoms with Crippen molar-refractivity contribution >= 4 is 48.0 Å². The Bertz CT molecular complexity index is 6.00. The van der Waals surface area contributed by atoms with E-state index in [1.807, 2.05) is 0 Å². The molecule has 0 heterocycles. The standard InChI is InChI=1S/Cd.In.H2S.S.3H/h;;1H2;;;;. The Kier molecular flexibility index (Phi) is 74.0. The molecule has 0 N–H and O–H groups in total. The first kappa shape index (κ1) is 16.2. The van der Waals surface area contributed by atoms with E-state index in [2.05, 4.69) is 8.65 Å². The molecule has 0 bridgehead atoms. The topological polar surface area (TPSA) is 0 Å². The third-order valence-corrected chi connectivity index (χ3v) is 0. The van der Waals surface area contributed by atoms with Gasteiger partial charge in [0.25, 0.3) is 0 Å². The molecule has 0 aromatic rings. The summed E-state index contributed by atoms with van der Waals surface area (Å²) in [5.74, 6) is 0. The van der Waals surface area contributed by atoms with Gasteiger partial charge in [0.05, 0.1) is 0 Å². The van der Waals surface area contributed by atoms with E-state index in [0.717, 1.165) is 23.7 Å². The molecule has 0 amide bonds. The molecular formula is H5CdInS2. The van der Waals surface area contributed by atoms with Crippen molar-refractivity contribution in [3.05, 3.63) is 0 Å². The first-order chi connectivity index (χ1) is 1.00. The molecule has 0 radical (unpaired) electrons. The molecule has 0 aliphatic carbocycles. The van der Waals surface area contributed by atoms with Crippen molar-refractivity contribution in [2.24, 2.45) is 0 Å². The van der Waals surface area contributed by atoms with Crippen molar-refractivity contribution < 1.29 is 23.7 Å². The third-order valence-electron chi connectivity index (χ3n) is 0. The van der Waals surface area contributed by atoms with Crippen LogP contribution in [0.1, 0.15) is 0 Å². The summed E-state index contributed by atoms with van der Waals surface area (Å²) in [7, 11) is 4.25. The molecule has 0 aliphatic rings. The number of hydrogen-bond donors (Lipinski definition) is 0. The SMILES string of the molecule is S.[InH3].[S]=[Cd]. The van der Waals surface area contributed by atoms with E-state index in [1.54, 1.807) is 0 Å². The molecule has 0 aromatic carbocycles. The van der Waals surface area contributed by atoms with Crippen LogP contribution < -0.4 is 0 Å². The summed E-state index contributed by atoms with van der Waals surface area (Å²) >= 11 is 0.733. The fourth-order valence-electron chi connectivity index (χ4n) is 0. The van der Waals surface area contributed by atoms with Gasteiger partial charge in [-0.15, -0.1) is 0 Å². The van der Waals surface area contributed by atoms with Gasteiger partial charge < -0.3 is 0 Å². The quantitative estimate of drug-likeness (QED) is 0.547. The molecule has 0 nitrogen and oxygen atoms in total. The van der Waals surface area contributed by atoms with E-state index >= 15 is 0 Å². The van der Waals surface area contributed by atoms with Gasteiger partial charge in [-0.25, -0.2) is 0 Å². The predicted octanol–water partition coefficient (Wildman–Crippen LogP) is -0.425. The average molecular weight is 296 g/mol. The fourth-order valence-corrected chi connectivity index (χ4v) is 0. The maximum atomic E-state index is 4.25. The molecule has 0 saturated carbocycles. The van der Waals surface area contributed by atoms with Gasteiger partial charge in [0.1, 0.15) is 0 Å². The van der Waals surface area contributed by atoms with Crippen LogP contribution in [0, 0.1) is 0 Å². The molecular weight excluding hydrogens is 291 g/mol. The normalized spacial score (nSPS) is 1.50. The number of rotatable bonds is 0. The molecule has 0 fully saturated rings. The minimum absolute atomic E-state index is 0. The Balaban J connectivity index is -0.00000000500. The Labute approximate surface area is 70.5 Å². The summed E-state index contributed by atoms with van der Waals surface area (Å²) in [6.07, 6.45) is 0. The average Bonchev–Trinajstić information content (AvgIpc) is 1.00. The van der Waals surface area contributed by atoms with E-state index < -0.39 is 0 Å². The molecule has 0 atom stereocenters. The van der Waals surface area contributed by atoms with E-state index in [0.29, 0.717) is 0 Å². The molecule has 22 valence electrons. The van der Waals surface area contributed by atoms with Crippen molar-refractivity contribution in [2.75, 3.05) is 0 Å². The predicted molar refractivity (Wildman–Crippen MR) is 27.9 cm³/mol. The molecule has 0 aromatic heterocycles. The van der Waals surface area contributed by atoms with Gasteiger partial charge in [-0.2, -0.15) is 13.5 Å². The van der Waals surface area contributed by atoms with Crippen LogP contribution >= 0.6 is 22.1 Å². The van der Waals surface area contributed by atoms with Crippen LogP contribution in [0.3, 0.4) is 0 Å². The van der Waals surface area contributed by atoms with Gasteiger partial charge in [-0.1, -0.05) is 0 Å². The molecule has 0 spiro atoms. The van der Waals surface area contributed by atoms with Gasteiger partial charge in [-0.3, -0.25) is 0 Å². The number of hydrogen-bond acceptors (Lipinski definition) is 1. The Morgan fingerprint density at radius 3 is 1.25 bits per heavy atom. The summed E-state index contributed by atoms with van der Waals surface area (Å²) < 4.78 is 0. The minimum atomic E-state index is 0. The first-order valence-corrected chi connectivity index (χ1v) is 5.81. The maximum absolute atomic E-state index is 4.25. The van der Waals surface area contributed by atoms with Gasteiger partial charge in [0.2, 0.25) is 0 Å². The van der Waals surface area contributed by atoms with Crippen molar-refractivity contribution in [3.63, 3.8) is 0 Å². The summed E-state index contributed by atoms with van der Waals surface area (Å²) in [6, 6.07) is 0. The second kappa shape index (κ2) is 18.3. The zero-order valence-corrected chi connectivity index (χ0v) is 7.47. The van der Waals surface area contributed by atoms with Crippen molar-refractivity contribution in [3.8, 4) is 0 Å². The third kappa shape index (κ3) is 8.84. The molecule has 0 unspecified atom stereocenters. The van der Waals surface area contributed by atoms with Crippen LogP contribution in [-0.4, -0.2) is 25.8 Å². The molecule has 0 aliphatic heterocycles. The van der Waals surface area contributed by atoms with E-state index in [9.17, 15) is 0 Å². The van der Waals surface area contributed by atoms with Crippen LogP contribution in [0.15, 0.2) is 0 Å². The Morgan fingerprint density at radius 1 is 1.25 bits per heavy atom. The van der Waals surface area contributed by atoms with E-state index in [1.165, 1.54) is 0 Å². The van der Waals surface area contributed by atoms with Gasteiger partial charge in [0.15, 0.2) is 0 Å². The van der Waals surface area contributed by atoms with Gasteiger partial charge >= 0.3 is 58.2 Å². The van der Waals surface area contributed by atoms with Crippen molar-refractivity contribution in [1.82, 2.24) is 0 Å². The van der Waals surface area contributed by atoms with Crippen LogP contribution in [0.5, 0.6) is 0 Å². The Morgan fingerprint density at radius 2 is 1.25 bits per heavy atom. The summed E-state index contributed by atoms with van der Waals surface area (Å²) in [6.45, 7) is 0. The van der Waals surface area contributed by atoms with Crippen LogP contribution in [0.25, 0.3) is 0 Å². The van der Waals surface area contributed by atoms with Crippen molar-refractivity contribution in [1.29, 1.82) is 0 Å². The Hall–Kier alpha value is 2.36. The fraction of sp³-hybridized carbons (Fsp3) is 0. The van der Waals surface area contributed by atoms with E-state index in [-0.39, 0.29) is 39.3 Å². The summed E-state index contributed by atoms with van der Waals surface area (Å²) in [4.78, 5) is 0. The monoisotopic (exact) mass is 298 g/mol. The zero-order valence-electron chi connectivity index (χ0n) is 1.62. The second-order valence-electron chi connectivity index (χ2n) is 0. The second-order valence-corrected chi connectivity index (χ2v) is 0. The van der Waals surface area contributed by atoms with Crippen molar-refractivity contribution in [2.45, 2.75) is 0 Å². The molecule has 0 rings (SSSR count). The van der Waals surface area contributed by atoms with Gasteiger partial charge in [-0.05, 0) is 0 Å². The molecule has 4 heavy (non-hydrogen) atoms. The van der Waals surface area contributed by atoms with Crippen LogP contribution in [-0.2, 0) is 23.7 Å². The molecule has 0 saturated heterocycles. The summed E-state index contributed by atoms with van der Waals surface area (Å²) in [5, 5.41) is 0. The summed E-state index contributed by atoms with van der Waals surface area (Å²) in [5.41, 5.74) is 0.